The van der Waals surface area contributed by atoms with Gasteiger partial charge in [-0.15, -0.1) is 0 Å². The summed E-state index contributed by atoms with van der Waals surface area (Å²) in [6.45, 7) is 3.02. The zero-order valence-corrected chi connectivity index (χ0v) is 15.7. The maximum atomic E-state index is 4.71. The Morgan fingerprint density at radius 1 is 1.04 bits per heavy atom. The van der Waals surface area contributed by atoms with Crippen LogP contribution >= 0.6 is 0 Å². The fourth-order valence-corrected chi connectivity index (χ4v) is 4.73. The summed E-state index contributed by atoms with van der Waals surface area (Å²) in [7, 11) is 0. The van der Waals surface area contributed by atoms with Crippen LogP contribution in [0.15, 0.2) is 49.1 Å². The lowest BCUT2D eigenvalue weighted by molar-refractivity contribution is 0.173. The summed E-state index contributed by atoms with van der Waals surface area (Å²) in [5, 5.41) is 5.99. The summed E-state index contributed by atoms with van der Waals surface area (Å²) in [5.41, 5.74) is 4.52. The van der Waals surface area contributed by atoms with E-state index in [0.717, 1.165) is 58.5 Å². The van der Waals surface area contributed by atoms with E-state index in [9.17, 15) is 0 Å². The lowest BCUT2D eigenvalue weighted by Gasteiger charge is -2.50. The number of H-pyrrole nitrogens is 1. The van der Waals surface area contributed by atoms with Crippen molar-refractivity contribution in [3.8, 4) is 11.1 Å². The van der Waals surface area contributed by atoms with Crippen molar-refractivity contribution in [2.75, 3.05) is 24.5 Å². The largest absolute Gasteiger partial charge is 0.353 e. The number of hydrogen-bond donors (Lipinski definition) is 2. The van der Waals surface area contributed by atoms with Gasteiger partial charge in [-0.1, -0.05) is 6.07 Å². The van der Waals surface area contributed by atoms with Gasteiger partial charge in [-0.2, -0.15) is 0 Å². The van der Waals surface area contributed by atoms with Gasteiger partial charge in [0.15, 0.2) is 0 Å². The number of nitrogens with one attached hydrogen (secondary N) is 2. The number of piperazine rings is 1. The smallest absolute Gasteiger partial charge is 0.140 e. The highest BCUT2D eigenvalue weighted by atomic mass is 15.3. The summed E-state index contributed by atoms with van der Waals surface area (Å²) in [6, 6.07) is 10.6. The molecule has 0 atom stereocenters. The number of anilines is 1. The lowest BCUT2D eigenvalue weighted by Crippen LogP contribution is -2.64. The number of rotatable bonds is 2. The van der Waals surface area contributed by atoms with Crippen LogP contribution in [0.2, 0.25) is 0 Å². The van der Waals surface area contributed by atoms with Crippen molar-refractivity contribution in [1.82, 2.24) is 25.3 Å². The Labute approximate surface area is 163 Å². The summed E-state index contributed by atoms with van der Waals surface area (Å²) in [6.07, 6.45) is 9.40. The van der Waals surface area contributed by atoms with Crippen molar-refractivity contribution in [3.05, 3.63) is 49.1 Å². The highest BCUT2D eigenvalue weighted by Gasteiger charge is 2.40. The maximum Gasteiger partial charge on any atom is 0.140 e. The minimum Gasteiger partial charge on any atom is -0.353 e. The van der Waals surface area contributed by atoms with Crippen molar-refractivity contribution in [3.63, 3.8) is 0 Å². The standard InChI is InChI=1S/C22H22N6/c1-3-16-18(12-24-20(16)23-8-1)15-4-5-19-17(11-15)21(26-14-25-19)28-10-9-27-22(13-28)6-2-7-22/h1,3-5,8,11-12,14,27H,2,6-7,9-10,13H2,(H,23,24). The predicted octanol–water partition coefficient (Wildman–Crippen LogP) is 3.51. The first kappa shape index (κ1) is 16.0. The number of nitrogens with zero attached hydrogens (tertiary/aromatic N) is 4. The van der Waals surface area contributed by atoms with Crippen molar-refractivity contribution in [2.24, 2.45) is 0 Å². The van der Waals surface area contributed by atoms with Crippen LogP contribution in [0.5, 0.6) is 0 Å². The molecule has 28 heavy (non-hydrogen) atoms. The van der Waals surface area contributed by atoms with E-state index < -0.39 is 0 Å². The molecule has 140 valence electrons. The molecule has 0 radical (unpaired) electrons. The molecule has 1 saturated carbocycles. The van der Waals surface area contributed by atoms with Gasteiger partial charge >= 0.3 is 0 Å². The SMILES string of the molecule is c1cnc2[nH]cc(-c3ccc4ncnc(N5CCNC6(CCC6)C5)c4c3)c2c1. The van der Waals surface area contributed by atoms with E-state index in [0.29, 0.717) is 0 Å². The van der Waals surface area contributed by atoms with Crippen LogP contribution in [-0.4, -0.2) is 45.1 Å². The topological polar surface area (TPSA) is 69.7 Å². The number of hydrogen-bond acceptors (Lipinski definition) is 5. The van der Waals surface area contributed by atoms with Gasteiger partial charge in [0.25, 0.3) is 0 Å². The molecule has 1 saturated heterocycles. The monoisotopic (exact) mass is 370 g/mol. The van der Waals surface area contributed by atoms with Gasteiger partial charge in [0, 0.05) is 53.9 Å². The molecule has 6 nitrogen and oxygen atoms in total. The Morgan fingerprint density at radius 2 is 2.00 bits per heavy atom. The van der Waals surface area contributed by atoms with Gasteiger partial charge < -0.3 is 15.2 Å². The van der Waals surface area contributed by atoms with E-state index in [4.69, 9.17) is 4.98 Å². The Morgan fingerprint density at radius 3 is 2.89 bits per heavy atom. The van der Waals surface area contributed by atoms with Crippen LogP contribution < -0.4 is 10.2 Å². The van der Waals surface area contributed by atoms with Gasteiger partial charge in [0.1, 0.15) is 17.8 Å². The zero-order chi connectivity index (χ0) is 18.6. The van der Waals surface area contributed by atoms with E-state index in [2.05, 4.69) is 49.4 Å². The Hall–Kier alpha value is -2.99. The third-order valence-electron chi connectivity index (χ3n) is 6.36. The lowest BCUT2D eigenvalue weighted by atomic mass is 9.75. The molecule has 1 spiro atoms. The second-order valence-corrected chi connectivity index (χ2v) is 8.01. The first-order valence-electron chi connectivity index (χ1n) is 9.99. The Bertz CT molecular complexity index is 1180. The normalized spacial score (nSPS) is 18.6. The summed E-state index contributed by atoms with van der Waals surface area (Å²) >= 11 is 0. The van der Waals surface area contributed by atoms with E-state index in [1.54, 1.807) is 6.33 Å². The molecule has 6 rings (SSSR count). The summed E-state index contributed by atoms with van der Waals surface area (Å²) in [4.78, 5) is 19.4. The molecule has 3 aromatic heterocycles. The Kier molecular flexibility index (Phi) is 3.43. The molecule has 2 N–H and O–H groups in total. The summed E-state index contributed by atoms with van der Waals surface area (Å²) < 4.78 is 0. The zero-order valence-electron chi connectivity index (χ0n) is 15.7. The highest BCUT2D eigenvalue weighted by molar-refractivity contribution is 5.98. The molecule has 2 aliphatic rings. The molecule has 1 aliphatic heterocycles. The third kappa shape index (κ3) is 2.41. The number of aromatic nitrogens is 4. The predicted molar refractivity (Wildman–Crippen MR) is 111 cm³/mol. The average Bonchev–Trinajstić information content (AvgIpc) is 3.16. The fraction of sp³-hybridized carbons (Fsp3) is 0.318. The van der Waals surface area contributed by atoms with E-state index in [1.165, 1.54) is 19.3 Å². The van der Waals surface area contributed by atoms with Crippen molar-refractivity contribution < 1.29 is 0 Å². The quantitative estimate of drug-likeness (QED) is 0.565. The molecule has 4 aromatic rings. The minimum absolute atomic E-state index is 0.287. The second kappa shape index (κ2) is 6.01. The van der Waals surface area contributed by atoms with Crippen molar-refractivity contribution in [2.45, 2.75) is 24.8 Å². The number of benzene rings is 1. The molecular weight excluding hydrogens is 348 g/mol. The summed E-state index contributed by atoms with van der Waals surface area (Å²) in [5.74, 6) is 1.05. The van der Waals surface area contributed by atoms with Crippen LogP contribution in [0, 0.1) is 0 Å². The first-order valence-corrected chi connectivity index (χ1v) is 9.99. The molecule has 0 unspecified atom stereocenters. The minimum atomic E-state index is 0.287. The highest BCUT2D eigenvalue weighted by Crippen LogP contribution is 2.37. The van der Waals surface area contributed by atoms with Gasteiger partial charge in [-0.05, 0) is 49.1 Å². The van der Waals surface area contributed by atoms with Gasteiger partial charge in [-0.25, -0.2) is 15.0 Å². The Balaban J connectivity index is 1.47. The molecule has 2 fully saturated rings. The van der Waals surface area contributed by atoms with Gasteiger partial charge in [0.05, 0.1) is 5.52 Å². The van der Waals surface area contributed by atoms with Gasteiger partial charge in [-0.3, -0.25) is 0 Å². The van der Waals surface area contributed by atoms with Crippen molar-refractivity contribution in [1.29, 1.82) is 0 Å². The molecule has 6 heteroatoms. The van der Waals surface area contributed by atoms with E-state index in [-0.39, 0.29) is 5.54 Å². The van der Waals surface area contributed by atoms with Crippen LogP contribution in [0.25, 0.3) is 33.1 Å². The van der Waals surface area contributed by atoms with Crippen LogP contribution in [-0.2, 0) is 0 Å². The van der Waals surface area contributed by atoms with Gasteiger partial charge in [0.2, 0.25) is 0 Å². The number of aromatic amines is 1. The van der Waals surface area contributed by atoms with Crippen LogP contribution in [0.4, 0.5) is 5.82 Å². The van der Waals surface area contributed by atoms with E-state index in [1.807, 2.05) is 18.5 Å². The molecular formula is C22H22N6. The molecule has 4 heterocycles. The first-order chi connectivity index (χ1) is 13.8. The second-order valence-electron chi connectivity index (χ2n) is 8.01. The average molecular weight is 370 g/mol. The van der Waals surface area contributed by atoms with Crippen LogP contribution in [0.1, 0.15) is 19.3 Å². The molecule has 1 aliphatic carbocycles. The van der Waals surface area contributed by atoms with E-state index >= 15 is 0 Å². The number of pyridine rings is 1. The van der Waals surface area contributed by atoms with Crippen molar-refractivity contribution >= 4 is 27.8 Å². The van der Waals surface area contributed by atoms with Crippen LogP contribution in [0.3, 0.4) is 0 Å². The molecule has 0 bridgehead atoms. The third-order valence-corrected chi connectivity index (χ3v) is 6.36. The fourth-order valence-electron chi connectivity index (χ4n) is 4.73. The molecule has 0 amide bonds. The molecule has 1 aromatic carbocycles. The number of fused-ring (bicyclic) bond motifs is 2. The maximum absolute atomic E-state index is 4.71.